The molecule has 0 spiro atoms. The molecule has 10 heteroatoms. The number of aromatic amines is 1. The Hall–Kier alpha value is -3.56. The van der Waals surface area contributed by atoms with E-state index in [9.17, 15) is 4.79 Å². The zero-order valence-electron chi connectivity index (χ0n) is 11.9. The lowest BCUT2D eigenvalue weighted by Gasteiger charge is -2.08. The number of nitrogens with zero attached hydrogens (tertiary/aromatic N) is 6. The first-order chi connectivity index (χ1) is 11.2. The molecule has 0 bridgehead atoms. The Kier molecular flexibility index (Phi) is 2.86. The van der Waals surface area contributed by atoms with Gasteiger partial charge in [0.2, 0.25) is 0 Å². The summed E-state index contributed by atoms with van der Waals surface area (Å²) >= 11 is 0. The van der Waals surface area contributed by atoms with Gasteiger partial charge in [-0.2, -0.15) is 10.1 Å². The fourth-order valence-corrected chi connectivity index (χ4v) is 2.08. The Morgan fingerprint density at radius 2 is 2.26 bits per heavy atom. The van der Waals surface area contributed by atoms with Crippen LogP contribution in [0.5, 0.6) is 6.01 Å². The maximum Gasteiger partial charge on any atom is 0.419 e. The summed E-state index contributed by atoms with van der Waals surface area (Å²) in [4.78, 5) is 30.8. The molecule has 0 aliphatic carbocycles. The van der Waals surface area contributed by atoms with Crippen LogP contribution < -0.4 is 10.1 Å². The number of pyridine rings is 1. The predicted molar refractivity (Wildman–Crippen MR) is 79.1 cm³/mol. The number of ether oxygens (including phenoxy) is 1. The molecule has 0 aliphatic rings. The van der Waals surface area contributed by atoms with Crippen LogP contribution in [0.2, 0.25) is 0 Å². The summed E-state index contributed by atoms with van der Waals surface area (Å²) < 4.78 is 6.62. The Morgan fingerprint density at radius 3 is 3.17 bits per heavy atom. The highest BCUT2D eigenvalue weighted by Crippen LogP contribution is 2.16. The smallest absolute Gasteiger partial charge is 0.374 e. The highest BCUT2D eigenvalue weighted by Gasteiger charge is 2.11. The molecule has 4 rings (SSSR count). The Bertz CT molecular complexity index is 1020. The number of amides is 1. The first kappa shape index (κ1) is 13.1. The lowest BCUT2D eigenvalue weighted by atomic mass is 10.2. The van der Waals surface area contributed by atoms with Gasteiger partial charge in [-0.1, -0.05) is 0 Å². The van der Waals surface area contributed by atoms with E-state index in [2.05, 4.69) is 35.3 Å². The number of anilines is 1. The molecule has 0 radical (unpaired) electrons. The van der Waals surface area contributed by atoms with Crippen LogP contribution >= 0.6 is 0 Å². The van der Waals surface area contributed by atoms with Crippen molar-refractivity contribution in [2.24, 2.45) is 0 Å². The number of imidazole rings is 1. The Labute approximate surface area is 128 Å². The second-order valence-electron chi connectivity index (χ2n) is 4.74. The summed E-state index contributed by atoms with van der Waals surface area (Å²) in [5.41, 5.74) is 3.14. The van der Waals surface area contributed by atoms with E-state index in [-0.39, 0.29) is 6.01 Å². The molecule has 2 N–H and O–H groups in total. The molecule has 0 saturated carbocycles. The van der Waals surface area contributed by atoms with Crippen LogP contribution in [0.3, 0.4) is 0 Å². The van der Waals surface area contributed by atoms with Gasteiger partial charge in [0.25, 0.3) is 0 Å². The molecule has 0 aromatic carbocycles. The summed E-state index contributed by atoms with van der Waals surface area (Å²) in [6, 6.07) is 1.72. The molecule has 0 saturated heterocycles. The lowest BCUT2D eigenvalue weighted by molar-refractivity contribution is 0.211. The van der Waals surface area contributed by atoms with Crippen molar-refractivity contribution in [2.75, 3.05) is 5.32 Å². The van der Waals surface area contributed by atoms with Gasteiger partial charge in [-0.15, -0.1) is 0 Å². The summed E-state index contributed by atoms with van der Waals surface area (Å²) in [5.74, 6) is 0. The lowest BCUT2D eigenvalue weighted by Crippen LogP contribution is -2.19. The van der Waals surface area contributed by atoms with Crippen LogP contribution in [0.15, 0.2) is 31.1 Å². The van der Waals surface area contributed by atoms with Crippen LogP contribution in [0.25, 0.3) is 16.8 Å². The number of carbonyl (C=O) groups excluding carboxylic acids is 1. The maximum absolute atomic E-state index is 12.0. The minimum Gasteiger partial charge on any atom is -0.374 e. The van der Waals surface area contributed by atoms with Crippen molar-refractivity contribution in [1.29, 1.82) is 0 Å². The fourth-order valence-electron chi connectivity index (χ4n) is 2.08. The van der Waals surface area contributed by atoms with Gasteiger partial charge >= 0.3 is 12.1 Å². The van der Waals surface area contributed by atoms with Gasteiger partial charge in [-0.3, -0.25) is 5.32 Å². The molecule has 4 heterocycles. The predicted octanol–water partition coefficient (Wildman–Crippen LogP) is 1.31. The maximum atomic E-state index is 12.0. The van der Waals surface area contributed by atoms with Gasteiger partial charge in [0.15, 0.2) is 11.3 Å². The molecular weight excluding hydrogens is 300 g/mol. The van der Waals surface area contributed by atoms with Crippen molar-refractivity contribution in [2.45, 2.75) is 6.92 Å². The third kappa shape index (κ3) is 2.41. The van der Waals surface area contributed by atoms with E-state index in [4.69, 9.17) is 4.74 Å². The number of aryl methyl sites for hydroxylation is 1. The Morgan fingerprint density at radius 1 is 1.35 bits per heavy atom. The van der Waals surface area contributed by atoms with Crippen LogP contribution in [0.4, 0.5) is 10.5 Å². The van der Waals surface area contributed by atoms with Crippen LogP contribution in [-0.4, -0.2) is 40.6 Å². The average molecular weight is 310 g/mol. The normalized spacial score (nSPS) is 11.0. The van der Waals surface area contributed by atoms with Crippen molar-refractivity contribution in [3.8, 4) is 6.01 Å². The number of hydrogen-bond donors (Lipinski definition) is 2. The first-order valence-corrected chi connectivity index (χ1v) is 6.64. The largest absolute Gasteiger partial charge is 0.419 e. The van der Waals surface area contributed by atoms with Gasteiger partial charge in [-0.25, -0.2) is 24.3 Å². The van der Waals surface area contributed by atoms with Crippen molar-refractivity contribution in [3.05, 3.63) is 36.7 Å². The van der Waals surface area contributed by atoms with E-state index in [0.717, 1.165) is 5.56 Å². The Balaban J connectivity index is 1.55. The van der Waals surface area contributed by atoms with Gasteiger partial charge in [0.05, 0.1) is 24.4 Å². The van der Waals surface area contributed by atoms with E-state index in [0.29, 0.717) is 22.5 Å². The van der Waals surface area contributed by atoms with Crippen molar-refractivity contribution >= 4 is 28.6 Å². The molecule has 0 aliphatic heterocycles. The highest BCUT2D eigenvalue weighted by molar-refractivity contribution is 5.87. The number of nitrogens with one attached hydrogen (secondary N) is 2. The summed E-state index contributed by atoms with van der Waals surface area (Å²) in [7, 11) is 0. The van der Waals surface area contributed by atoms with Crippen LogP contribution in [0.1, 0.15) is 5.56 Å². The topological polar surface area (TPSA) is 123 Å². The number of fused-ring (bicyclic) bond motifs is 2. The van der Waals surface area contributed by atoms with E-state index < -0.39 is 6.09 Å². The third-order valence-electron chi connectivity index (χ3n) is 3.20. The van der Waals surface area contributed by atoms with Crippen LogP contribution in [-0.2, 0) is 0 Å². The van der Waals surface area contributed by atoms with Crippen molar-refractivity contribution in [1.82, 2.24) is 34.5 Å². The van der Waals surface area contributed by atoms with Crippen molar-refractivity contribution < 1.29 is 9.53 Å². The number of hydrogen-bond acceptors (Lipinski definition) is 7. The molecule has 4 aromatic heterocycles. The molecule has 4 aromatic rings. The van der Waals surface area contributed by atoms with Gasteiger partial charge in [0.1, 0.15) is 11.8 Å². The van der Waals surface area contributed by atoms with E-state index in [1.165, 1.54) is 18.9 Å². The summed E-state index contributed by atoms with van der Waals surface area (Å²) in [6.45, 7) is 1.84. The van der Waals surface area contributed by atoms with Gasteiger partial charge < -0.3 is 9.72 Å². The zero-order valence-corrected chi connectivity index (χ0v) is 11.9. The van der Waals surface area contributed by atoms with Gasteiger partial charge in [0, 0.05) is 0 Å². The fraction of sp³-hybridized carbons (Fsp3) is 0.0769. The number of H-pyrrole nitrogens is 1. The molecule has 1 amide bonds. The third-order valence-corrected chi connectivity index (χ3v) is 3.20. The number of carbonyl (C=O) groups is 1. The molecule has 23 heavy (non-hydrogen) atoms. The molecule has 10 nitrogen and oxygen atoms in total. The average Bonchev–Trinajstić information content (AvgIpc) is 3.15. The standard InChI is InChI=1S/C13H10N8O2/c1-7-2-10-16-6-18-21(10)4-9(7)19-13(22)23-12-14-3-8-11(20-12)17-5-15-8/h2-6H,1H3,(H,19,22)(H,14,15,17,20). The molecule has 114 valence electrons. The van der Waals surface area contributed by atoms with E-state index in [1.54, 1.807) is 16.8 Å². The number of rotatable bonds is 2. The molecule has 0 unspecified atom stereocenters. The second kappa shape index (κ2) is 5.02. The van der Waals surface area contributed by atoms with Gasteiger partial charge in [-0.05, 0) is 18.6 Å². The quantitative estimate of drug-likeness (QED) is 0.572. The monoisotopic (exact) mass is 310 g/mol. The molecule has 0 atom stereocenters. The second-order valence-corrected chi connectivity index (χ2v) is 4.74. The molecule has 0 fully saturated rings. The first-order valence-electron chi connectivity index (χ1n) is 6.64. The zero-order chi connectivity index (χ0) is 15.8. The SMILES string of the molecule is Cc1cc2ncnn2cc1NC(=O)Oc1ncc2[nH]cnc2n1. The highest BCUT2D eigenvalue weighted by atomic mass is 16.6. The van der Waals surface area contributed by atoms with Crippen molar-refractivity contribution in [3.63, 3.8) is 0 Å². The molecular formula is C13H10N8O2. The number of aromatic nitrogens is 7. The van der Waals surface area contributed by atoms with E-state index >= 15 is 0 Å². The van der Waals surface area contributed by atoms with Crippen LogP contribution in [0, 0.1) is 6.92 Å². The summed E-state index contributed by atoms with van der Waals surface area (Å²) in [6.07, 6.45) is 5.35. The van der Waals surface area contributed by atoms with E-state index in [1.807, 2.05) is 6.92 Å². The summed E-state index contributed by atoms with van der Waals surface area (Å²) in [5, 5.41) is 6.64. The minimum absolute atomic E-state index is 0.0819. The minimum atomic E-state index is -0.706.